The number of benzene rings is 2. The van der Waals surface area contributed by atoms with Gasteiger partial charge in [0.2, 0.25) is 11.2 Å². The fourth-order valence-corrected chi connectivity index (χ4v) is 2.70. The predicted octanol–water partition coefficient (Wildman–Crippen LogP) is 5.08. The van der Waals surface area contributed by atoms with Crippen LogP contribution in [0, 0.1) is 10.1 Å². The third kappa shape index (κ3) is 3.51. The van der Waals surface area contributed by atoms with Crippen molar-refractivity contribution >= 4 is 51.4 Å². The van der Waals surface area contributed by atoms with E-state index in [9.17, 15) is 10.1 Å². The SMILES string of the molecule is O=[N+]([O-])c1ccc2nc(Cl)nc(OCc3ccc(Cl)cc3Cl)c2c1. The van der Waals surface area contributed by atoms with E-state index in [1.54, 1.807) is 18.2 Å². The molecule has 0 amide bonds. The van der Waals surface area contributed by atoms with Gasteiger partial charge in [-0.25, -0.2) is 4.98 Å². The summed E-state index contributed by atoms with van der Waals surface area (Å²) in [4.78, 5) is 18.5. The molecule has 0 aliphatic carbocycles. The second-order valence-corrected chi connectivity index (χ2v) is 5.96. The molecule has 1 aromatic heterocycles. The van der Waals surface area contributed by atoms with Gasteiger partial charge in [0.25, 0.3) is 5.69 Å². The van der Waals surface area contributed by atoms with Gasteiger partial charge in [-0.1, -0.05) is 29.3 Å². The highest BCUT2D eigenvalue weighted by atomic mass is 35.5. The molecule has 0 spiro atoms. The Morgan fingerprint density at radius 1 is 1.08 bits per heavy atom. The van der Waals surface area contributed by atoms with E-state index in [0.717, 1.165) is 0 Å². The number of rotatable bonds is 4. The highest BCUT2D eigenvalue weighted by molar-refractivity contribution is 6.35. The Labute approximate surface area is 151 Å². The number of hydrogen-bond donors (Lipinski definition) is 0. The van der Waals surface area contributed by atoms with E-state index in [2.05, 4.69) is 9.97 Å². The summed E-state index contributed by atoms with van der Waals surface area (Å²) in [6, 6.07) is 9.16. The lowest BCUT2D eigenvalue weighted by molar-refractivity contribution is -0.384. The summed E-state index contributed by atoms with van der Waals surface area (Å²) in [6.07, 6.45) is 0. The molecule has 9 heteroatoms. The lowest BCUT2D eigenvalue weighted by Gasteiger charge is -2.10. The van der Waals surface area contributed by atoms with Crippen LogP contribution >= 0.6 is 34.8 Å². The molecule has 0 saturated carbocycles. The van der Waals surface area contributed by atoms with Crippen molar-refractivity contribution in [3.63, 3.8) is 0 Å². The summed E-state index contributed by atoms with van der Waals surface area (Å²) >= 11 is 17.8. The largest absolute Gasteiger partial charge is 0.472 e. The van der Waals surface area contributed by atoms with Gasteiger partial charge < -0.3 is 4.74 Å². The number of nitro benzene ring substituents is 1. The third-order valence-corrected chi connectivity index (χ3v) is 3.96. The number of ether oxygens (including phenoxy) is 1. The summed E-state index contributed by atoms with van der Waals surface area (Å²) in [5.41, 5.74) is 1.04. The molecule has 6 nitrogen and oxygen atoms in total. The second kappa shape index (κ2) is 6.76. The molecular formula is C15H8Cl3N3O3. The molecule has 0 aliphatic rings. The van der Waals surface area contributed by atoms with Crippen molar-refractivity contribution in [2.45, 2.75) is 6.61 Å². The van der Waals surface area contributed by atoms with Crippen LogP contribution in [-0.4, -0.2) is 14.9 Å². The Morgan fingerprint density at radius 2 is 1.88 bits per heavy atom. The van der Waals surface area contributed by atoms with E-state index in [1.807, 2.05) is 0 Å². The minimum atomic E-state index is -0.506. The molecule has 3 aromatic rings. The molecule has 24 heavy (non-hydrogen) atoms. The number of non-ortho nitro benzene ring substituents is 1. The number of aromatic nitrogens is 2. The average Bonchev–Trinajstić information content (AvgIpc) is 2.53. The molecule has 0 bridgehead atoms. The zero-order valence-electron chi connectivity index (χ0n) is 11.9. The van der Waals surface area contributed by atoms with Crippen molar-refractivity contribution in [3.8, 4) is 5.88 Å². The maximum atomic E-state index is 10.9. The molecule has 0 radical (unpaired) electrons. The second-order valence-electron chi connectivity index (χ2n) is 4.78. The molecule has 0 atom stereocenters. The van der Waals surface area contributed by atoms with Crippen molar-refractivity contribution in [1.82, 2.24) is 9.97 Å². The summed E-state index contributed by atoms with van der Waals surface area (Å²) in [5.74, 6) is 0.139. The normalized spacial score (nSPS) is 10.8. The van der Waals surface area contributed by atoms with E-state index in [4.69, 9.17) is 39.5 Å². The average molecular weight is 385 g/mol. The smallest absolute Gasteiger partial charge is 0.270 e. The Hall–Kier alpha value is -2.15. The number of halogens is 3. The summed E-state index contributed by atoms with van der Waals surface area (Å²) < 4.78 is 5.66. The van der Waals surface area contributed by atoms with E-state index < -0.39 is 4.92 Å². The van der Waals surface area contributed by atoms with Crippen LogP contribution in [0.2, 0.25) is 15.3 Å². The van der Waals surface area contributed by atoms with Crippen molar-refractivity contribution in [2.24, 2.45) is 0 Å². The first kappa shape index (κ1) is 16.7. The predicted molar refractivity (Wildman–Crippen MR) is 92.0 cm³/mol. The Balaban J connectivity index is 1.98. The van der Waals surface area contributed by atoms with Gasteiger partial charge in [-0.2, -0.15) is 4.98 Å². The summed E-state index contributed by atoms with van der Waals surface area (Å²) in [7, 11) is 0. The molecule has 0 aliphatic heterocycles. The summed E-state index contributed by atoms with van der Waals surface area (Å²) in [5, 5.41) is 12.3. The van der Waals surface area contributed by atoms with E-state index in [-0.39, 0.29) is 23.5 Å². The van der Waals surface area contributed by atoms with Crippen LogP contribution in [-0.2, 0) is 6.61 Å². The van der Waals surface area contributed by atoms with Crippen LogP contribution in [0.25, 0.3) is 10.9 Å². The number of nitro groups is 1. The quantitative estimate of drug-likeness (QED) is 0.356. The van der Waals surface area contributed by atoms with Crippen LogP contribution < -0.4 is 4.74 Å². The van der Waals surface area contributed by atoms with Gasteiger partial charge in [0.15, 0.2) is 0 Å². The van der Waals surface area contributed by atoms with E-state index in [1.165, 1.54) is 18.2 Å². The molecule has 1 heterocycles. The van der Waals surface area contributed by atoms with Crippen LogP contribution in [0.5, 0.6) is 5.88 Å². The molecule has 0 N–H and O–H groups in total. The van der Waals surface area contributed by atoms with E-state index in [0.29, 0.717) is 26.5 Å². The lowest BCUT2D eigenvalue weighted by Crippen LogP contribution is -2.00. The van der Waals surface area contributed by atoms with Crippen molar-refractivity contribution in [1.29, 1.82) is 0 Å². The van der Waals surface area contributed by atoms with E-state index >= 15 is 0 Å². The molecule has 0 unspecified atom stereocenters. The van der Waals surface area contributed by atoms with Crippen molar-refractivity contribution in [2.75, 3.05) is 0 Å². The van der Waals surface area contributed by atoms with Crippen LogP contribution in [0.15, 0.2) is 36.4 Å². The maximum Gasteiger partial charge on any atom is 0.270 e. The van der Waals surface area contributed by atoms with Gasteiger partial charge in [-0.15, -0.1) is 0 Å². The Bertz CT molecular complexity index is 950. The van der Waals surface area contributed by atoms with Gasteiger partial charge in [0.05, 0.1) is 15.8 Å². The van der Waals surface area contributed by atoms with Gasteiger partial charge >= 0.3 is 0 Å². The highest BCUT2D eigenvalue weighted by Crippen LogP contribution is 2.29. The van der Waals surface area contributed by atoms with Gasteiger partial charge in [-0.05, 0) is 29.8 Å². The molecular weight excluding hydrogens is 377 g/mol. The molecule has 0 fully saturated rings. The van der Waals surface area contributed by atoms with Gasteiger partial charge in [0.1, 0.15) is 6.61 Å². The minimum Gasteiger partial charge on any atom is -0.472 e. The molecule has 2 aromatic carbocycles. The first-order chi connectivity index (χ1) is 11.4. The van der Waals surface area contributed by atoms with Crippen LogP contribution in [0.3, 0.4) is 0 Å². The first-order valence-corrected chi connectivity index (χ1v) is 7.76. The summed E-state index contributed by atoms with van der Waals surface area (Å²) in [6.45, 7) is 0.0983. The zero-order chi connectivity index (χ0) is 17.3. The molecule has 3 rings (SSSR count). The monoisotopic (exact) mass is 383 g/mol. The topological polar surface area (TPSA) is 78.2 Å². The number of hydrogen-bond acceptors (Lipinski definition) is 5. The first-order valence-electron chi connectivity index (χ1n) is 6.62. The van der Waals surface area contributed by atoms with Crippen molar-refractivity contribution in [3.05, 3.63) is 67.4 Å². The Kier molecular flexibility index (Phi) is 4.71. The Morgan fingerprint density at radius 3 is 2.58 bits per heavy atom. The fourth-order valence-electron chi connectivity index (χ4n) is 2.07. The molecule has 122 valence electrons. The van der Waals surface area contributed by atoms with Crippen LogP contribution in [0.1, 0.15) is 5.56 Å². The number of nitrogens with zero attached hydrogens (tertiary/aromatic N) is 3. The molecule has 0 saturated heterocycles. The third-order valence-electron chi connectivity index (χ3n) is 3.21. The number of fused-ring (bicyclic) bond motifs is 1. The minimum absolute atomic E-state index is 0.0199. The zero-order valence-corrected chi connectivity index (χ0v) is 14.1. The highest BCUT2D eigenvalue weighted by Gasteiger charge is 2.14. The maximum absolute atomic E-state index is 10.9. The van der Waals surface area contributed by atoms with Crippen LogP contribution in [0.4, 0.5) is 5.69 Å². The fraction of sp³-hybridized carbons (Fsp3) is 0.0667. The lowest BCUT2D eigenvalue weighted by atomic mass is 10.2. The van der Waals surface area contributed by atoms with Gasteiger partial charge in [0, 0.05) is 27.7 Å². The standard InChI is InChI=1S/C15H8Cl3N3O3/c16-9-2-1-8(12(17)5-9)7-24-14-11-6-10(21(22)23)3-4-13(11)19-15(18)20-14/h1-6H,7H2. The van der Waals surface area contributed by atoms with Crippen molar-refractivity contribution < 1.29 is 9.66 Å². The van der Waals surface area contributed by atoms with Gasteiger partial charge in [-0.3, -0.25) is 10.1 Å².